The molecule has 0 aromatic heterocycles. The predicted octanol–water partition coefficient (Wildman–Crippen LogP) is 2.55. The number of carbonyl (C=O) groups is 3. The first-order valence-corrected chi connectivity index (χ1v) is 10.9. The third kappa shape index (κ3) is 7.23. The molecule has 0 bridgehead atoms. The molecule has 1 aliphatic heterocycles. The van der Waals surface area contributed by atoms with Gasteiger partial charge >= 0.3 is 12.2 Å². The van der Waals surface area contributed by atoms with Crippen molar-refractivity contribution in [1.29, 1.82) is 0 Å². The van der Waals surface area contributed by atoms with Gasteiger partial charge in [0.15, 0.2) is 0 Å². The van der Waals surface area contributed by atoms with E-state index >= 15 is 0 Å². The molecule has 0 saturated carbocycles. The van der Waals surface area contributed by atoms with E-state index in [4.69, 9.17) is 23.1 Å². The zero-order valence-electron chi connectivity index (χ0n) is 18.4. The molecule has 0 aliphatic carbocycles. The van der Waals surface area contributed by atoms with E-state index in [9.17, 15) is 27.6 Å². The summed E-state index contributed by atoms with van der Waals surface area (Å²) in [6.07, 6.45) is -3.98. The summed E-state index contributed by atoms with van der Waals surface area (Å²) in [6, 6.07) is 6.57. The lowest BCUT2D eigenvalue weighted by atomic mass is 10.1. The van der Waals surface area contributed by atoms with Crippen LogP contribution in [0.2, 0.25) is 5.02 Å². The first kappa shape index (κ1) is 26.1. The summed E-state index contributed by atoms with van der Waals surface area (Å²) in [6.45, 7) is 1.23. The highest BCUT2D eigenvalue weighted by Crippen LogP contribution is 2.31. The molecule has 0 radical (unpaired) electrons. The maximum absolute atomic E-state index is 12.9. The summed E-state index contributed by atoms with van der Waals surface area (Å²) < 4.78 is 38.7. The number of halogens is 4. The number of hydrogen-bond acceptors (Lipinski definition) is 5. The summed E-state index contributed by atoms with van der Waals surface area (Å²) >= 11 is 5.98. The Morgan fingerprint density at radius 1 is 1.14 bits per heavy atom. The second kappa shape index (κ2) is 10.8. The van der Waals surface area contributed by atoms with Gasteiger partial charge in [-0.05, 0) is 42.3 Å². The maximum Gasteiger partial charge on any atom is 0.416 e. The molecule has 0 unspecified atom stereocenters. The summed E-state index contributed by atoms with van der Waals surface area (Å²) in [5, 5.41) is 8.07. The van der Waals surface area contributed by atoms with E-state index in [1.807, 2.05) is 0 Å². The molecule has 0 spiro atoms. The van der Waals surface area contributed by atoms with E-state index in [1.54, 1.807) is 18.2 Å². The summed E-state index contributed by atoms with van der Waals surface area (Å²) in [4.78, 5) is 37.9. The first-order chi connectivity index (χ1) is 16.4. The van der Waals surface area contributed by atoms with Crippen LogP contribution in [0, 0.1) is 0 Å². The van der Waals surface area contributed by atoms with Crippen molar-refractivity contribution in [1.82, 2.24) is 15.5 Å². The van der Waals surface area contributed by atoms with E-state index in [2.05, 4.69) is 20.9 Å². The van der Waals surface area contributed by atoms with Gasteiger partial charge in [-0.25, -0.2) is 4.79 Å². The van der Waals surface area contributed by atoms with Crippen molar-refractivity contribution in [2.75, 3.05) is 30.7 Å². The monoisotopic (exact) mass is 512 g/mol. The number of alkyl halides is 3. The van der Waals surface area contributed by atoms with E-state index in [0.29, 0.717) is 42.8 Å². The molecule has 2 aromatic carbocycles. The molecule has 9 nitrogen and oxygen atoms in total. The van der Waals surface area contributed by atoms with Crippen LogP contribution in [-0.4, -0.2) is 48.4 Å². The van der Waals surface area contributed by atoms with Crippen molar-refractivity contribution in [2.45, 2.75) is 25.2 Å². The number of benzene rings is 2. The van der Waals surface area contributed by atoms with E-state index in [1.165, 1.54) is 0 Å². The standard InChI is InChI=1S/C22H24ClF3N6O3/c23-14-3-1-12(18(8-14)31-21(28)35)10-32-6-5-15(11-32)30-19(33)9-29-20(34)16-7-13(22(24,25)26)2-4-17(16)27/h1-4,7-8,15H,5-6,9-11,27H2,(H,29,34)(H,30,33)(H3,28,31,35)/t15-/m1/s1. The molecular formula is C22H24ClF3N6O3. The smallest absolute Gasteiger partial charge is 0.398 e. The van der Waals surface area contributed by atoms with Crippen LogP contribution in [-0.2, 0) is 17.5 Å². The Balaban J connectivity index is 1.51. The molecule has 1 aliphatic rings. The van der Waals surface area contributed by atoms with Gasteiger partial charge in [-0.2, -0.15) is 13.2 Å². The SMILES string of the molecule is NC(=O)Nc1cc(Cl)ccc1CN1CC[C@@H](NC(=O)CNC(=O)c2cc(C(F)(F)F)ccc2N)C1. The number of primary amides is 1. The minimum atomic E-state index is -4.63. The zero-order chi connectivity index (χ0) is 25.8. The number of hydrogen-bond donors (Lipinski definition) is 5. The fourth-order valence-electron chi connectivity index (χ4n) is 3.73. The number of likely N-dealkylation sites (tertiary alicyclic amines) is 1. The third-order valence-electron chi connectivity index (χ3n) is 5.40. The number of rotatable bonds is 7. The number of anilines is 2. The fraction of sp³-hybridized carbons (Fsp3) is 0.318. The van der Waals surface area contributed by atoms with Gasteiger partial charge in [0.05, 0.1) is 17.7 Å². The van der Waals surface area contributed by atoms with E-state index in [0.717, 1.165) is 17.7 Å². The highest BCUT2D eigenvalue weighted by atomic mass is 35.5. The average molecular weight is 513 g/mol. The van der Waals surface area contributed by atoms with Crippen LogP contribution in [0.15, 0.2) is 36.4 Å². The van der Waals surface area contributed by atoms with Crippen molar-refractivity contribution < 1.29 is 27.6 Å². The Morgan fingerprint density at radius 3 is 2.57 bits per heavy atom. The molecule has 13 heteroatoms. The lowest BCUT2D eigenvalue weighted by Gasteiger charge is -2.19. The van der Waals surface area contributed by atoms with Crippen LogP contribution in [0.4, 0.5) is 29.3 Å². The van der Waals surface area contributed by atoms with Crippen molar-refractivity contribution in [3.63, 3.8) is 0 Å². The Kier molecular flexibility index (Phi) is 8.07. The molecule has 1 heterocycles. The van der Waals surface area contributed by atoms with Crippen LogP contribution in [0.5, 0.6) is 0 Å². The van der Waals surface area contributed by atoms with Crippen molar-refractivity contribution in [3.05, 3.63) is 58.1 Å². The normalized spacial score (nSPS) is 16.1. The molecule has 35 heavy (non-hydrogen) atoms. The quantitative estimate of drug-likeness (QED) is 0.362. The summed E-state index contributed by atoms with van der Waals surface area (Å²) in [5.74, 6) is -1.37. The highest BCUT2D eigenvalue weighted by Gasteiger charge is 2.31. The fourth-order valence-corrected chi connectivity index (χ4v) is 3.91. The van der Waals surface area contributed by atoms with E-state index in [-0.39, 0.29) is 17.3 Å². The number of nitrogen functional groups attached to an aromatic ring is 1. The zero-order valence-corrected chi connectivity index (χ0v) is 19.2. The van der Waals surface area contributed by atoms with Gasteiger partial charge in [0.25, 0.3) is 5.91 Å². The molecule has 3 rings (SSSR count). The summed E-state index contributed by atoms with van der Waals surface area (Å²) in [7, 11) is 0. The number of nitrogens with zero attached hydrogens (tertiary/aromatic N) is 1. The minimum Gasteiger partial charge on any atom is -0.398 e. The maximum atomic E-state index is 12.9. The Labute approximate surface area is 204 Å². The largest absolute Gasteiger partial charge is 0.416 e. The van der Waals surface area contributed by atoms with Gasteiger partial charge in [0.2, 0.25) is 5.91 Å². The number of nitrogens with two attached hydrogens (primary N) is 2. The minimum absolute atomic E-state index is 0.130. The second-order valence-electron chi connectivity index (χ2n) is 8.06. The van der Waals surface area contributed by atoms with Gasteiger partial charge in [0, 0.05) is 42.1 Å². The molecular weight excluding hydrogens is 489 g/mol. The van der Waals surface area contributed by atoms with Crippen LogP contribution < -0.4 is 27.4 Å². The lowest BCUT2D eigenvalue weighted by Crippen LogP contribution is -2.43. The summed E-state index contributed by atoms with van der Waals surface area (Å²) in [5.41, 5.74) is 10.6. The number of amides is 4. The lowest BCUT2D eigenvalue weighted by molar-refractivity contribution is -0.137. The average Bonchev–Trinajstić information content (AvgIpc) is 3.19. The number of nitrogens with one attached hydrogen (secondary N) is 3. The Hall–Kier alpha value is -3.51. The van der Waals surface area contributed by atoms with Crippen molar-refractivity contribution in [2.24, 2.45) is 5.73 Å². The Bertz CT molecular complexity index is 1130. The number of urea groups is 1. The number of carbonyl (C=O) groups excluding carboxylic acids is 3. The van der Waals surface area contributed by atoms with Gasteiger partial charge in [0.1, 0.15) is 0 Å². The third-order valence-corrected chi connectivity index (χ3v) is 5.63. The van der Waals surface area contributed by atoms with Gasteiger partial charge in [-0.3, -0.25) is 14.5 Å². The molecule has 1 fully saturated rings. The van der Waals surface area contributed by atoms with Crippen molar-refractivity contribution in [3.8, 4) is 0 Å². The molecule has 1 atom stereocenters. The highest BCUT2D eigenvalue weighted by molar-refractivity contribution is 6.31. The van der Waals surface area contributed by atoms with Crippen LogP contribution in [0.3, 0.4) is 0 Å². The van der Waals surface area contributed by atoms with Gasteiger partial charge < -0.3 is 27.4 Å². The molecule has 4 amide bonds. The predicted molar refractivity (Wildman–Crippen MR) is 125 cm³/mol. The molecule has 7 N–H and O–H groups in total. The van der Waals surface area contributed by atoms with Crippen LogP contribution >= 0.6 is 11.6 Å². The topological polar surface area (TPSA) is 143 Å². The Morgan fingerprint density at radius 2 is 1.89 bits per heavy atom. The van der Waals surface area contributed by atoms with Crippen molar-refractivity contribution >= 4 is 40.8 Å². The van der Waals surface area contributed by atoms with E-state index < -0.39 is 36.1 Å². The van der Waals surface area contributed by atoms with Gasteiger partial charge in [-0.1, -0.05) is 17.7 Å². The van der Waals surface area contributed by atoms with Gasteiger partial charge in [-0.15, -0.1) is 0 Å². The molecule has 1 saturated heterocycles. The first-order valence-electron chi connectivity index (χ1n) is 10.5. The van der Waals surface area contributed by atoms with Crippen LogP contribution in [0.1, 0.15) is 27.9 Å². The molecule has 2 aromatic rings. The molecule has 188 valence electrons. The van der Waals surface area contributed by atoms with Crippen LogP contribution in [0.25, 0.3) is 0 Å². The second-order valence-corrected chi connectivity index (χ2v) is 8.50.